The van der Waals surface area contributed by atoms with Gasteiger partial charge in [-0.05, 0) is 55.7 Å². The zero-order valence-corrected chi connectivity index (χ0v) is 18.1. The van der Waals surface area contributed by atoms with Gasteiger partial charge in [-0.1, -0.05) is 44.0 Å². The highest BCUT2D eigenvalue weighted by atomic mass is 35.5. The van der Waals surface area contributed by atoms with E-state index in [1.54, 1.807) is 23.1 Å². The maximum absolute atomic E-state index is 13.5. The molecular weight excluding hydrogens is 399 g/mol. The van der Waals surface area contributed by atoms with E-state index in [1.807, 2.05) is 13.8 Å². The molecule has 1 N–H and O–H groups in total. The fraction of sp³-hybridized carbons (Fsp3) is 0.619. The molecule has 1 atom stereocenters. The van der Waals surface area contributed by atoms with Gasteiger partial charge in [0.15, 0.2) is 0 Å². The molecule has 1 heterocycles. The number of nitrogens with zero attached hydrogens (tertiary/aromatic N) is 1. The second kappa shape index (κ2) is 8.60. The van der Waals surface area contributed by atoms with E-state index in [-0.39, 0.29) is 18.4 Å². The molecular formula is C21H28Cl2N2O3. The van der Waals surface area contributed by atoms with E-state index in [1.165, 1.54) is 0 Å². The summed E-state index contributed by atoms with van der Waals surface area (Å²) in [4.78, 5) is 28.0. The van der Waals surface area contributed by atoms with Crippen LogP contribution in [0.4, 0.5) is 0 Å². The lowest BCUT2D eigenvalue weighted by atomic mass is 9.83. The number of halogens is 2. The summed E-state index contributed by atoms with van der Waals surface area (Å²) in [6, 6.07) is 4.18. The molecule has 2 fully saturated rings. The van der Waals surface area contributed by atoms with E-state index in [9.17, 15) is 9.59 Å². The molecule has 1 saturated carbocycles. The first-order valence-electron chi connectivity index (χ1n) is 9.94. The third kappa shape index (κ3) is 4.32. The number of nitrogens with one attached hydrogen (secondary N) is 1. The van der Waals surface area contributed by atoms with Crippen LogP contribution in [0.1, 0.15) is 56.8 Å². The van der Waals surface area contributed by atoms with Crippen molar-refractivity contribution in [3.05, 3.63) is 33.8 Å². The Labute approximate surface area is 176 Å². The fourth-order valence-corrected chi connectivity index (χ4v) is 4.27. The molecule has 1 saturated heterocycles. The Bertz CT molecular complexity index is 745. The molecule has 154 valence electrons. The highest BCUT2D eigenvalue weighted by Crippen LogP contribution is 2.43. The van der Waals surface area contributed by atoms with Gasteiger partial charge in [0.05, 0.1) is 16.7 Å². The van der Waals surface area contributed by atoms with Gasteiger partial charge in [-0.3, -0.25) is 14.5 Å². The minimum absolute atomic E-state index is 0.169. The van der Waals surface area contributed by atoms with Crippen LogP contribution in [-0.4, -0.2) is 41.6 Å². The molecule has 0 radical (unpaired) electrons. The quantitative estimate of drug-likeness (QED) is 0.769. The van der Waals surface area contributed by atoms with Crippen molar-refractivity contribution in [1.82, 2.24) is 10.2 Å². The number of ether oxygens (including phenoxy) is 1. The number of benzene rings is 1. The van der Waals surface area contributed by atoms with Gasteiger partial charge in [-0.25, -0.2) is 0 Å². The average molecular weight is 427 g/mol. The first-order valence-corrected chi connectivity index (χ1v) is 10.7. The van der Waals surface area contributed by atoms with E-state index in [0.717, 1.165) is 25.7 Å². The minimum atomic E-state index is -0.727. The summed E-state index contributed by atoms with van der Waals surface area (Å²) in [5.74, 6) is 0.507. The van der Waals surface area contributed by atoms with Gasteiger partial charge in [0.25, 0.3) is 5.91 Å². The second-order valence-electron chi connectivity index (χ2n) is 8.40. The van der Waals surface area contributed by atoms with Crippen molar-refractivity contribution >= 4 is 35.0 Å². The van der Waals surface area contributed by atoms with Crippen molar-refractivity contribution in [2.45, 2.75) is 58.2 Å². The first-order chi connectivity index (χ1) is 13.2. The Hall–Kier alpha value is -1.30. The zero-order chi connectivity index (χ0) is 20.5. The van der Waals surface area contributed by atoms with Crippen molar-refractivity contribution in [3.63, 3.8) is 0 Å². The van der Waals surface area contributed by atoms with Gasteiger partial charge in [0.1, 0.15) is 11.8 Å². The third-order valence-corrected chi connectivity index (χ3v) is 6.43. The predicted octanol–water partition coefficient (Wildman–Crippen LogP) is 4.51. The van der Waals surface area contributed by atoms with Gasteiger partial charge >= 0.3 is 0 Å². The molecule has 1 spiro atoms. The van der Waals surface area contributed by atoms with Crippen LogP contribution in [0, 0.1) is 11.8 Å². The Morgan fingerprint density at radius 2 is 1.93 bits per heavy atom. The summed E-state index contributed by atoms with van der Waals surface area (Å²) in [5, 5.41) is 3.66. The standard InChI is InChI=1S/C21H28Cl2N2O3/c1-13(2)11-24-19(26)18-12-28-21(8-6-14(3)7-9-21)25(18)20(27)15-4-5-16(22)17(23)10-15/h4-5,10,13-14,18H,6-9,11-12H2,1-3H3,(H,24,26). The molecule has 5 nitrogen and oxygen atoms in total. The number of carbonyl (C=O) groups excluding carboxylic acids is 2. The Balaban J connectivity index is 1.91. The second-order valence-corrected chi connectivity index (χ2v) is 9.21. The molecule has 2 aliphatic rings. The lowest BCUT2D eigenvalue weighted by molar-refractivity contribution is -0.128. The summed E-state index contributed by atoms with van der Waals surface area (Å²) < 4.78 is 6.16. The maximum atomic E-state index is 13.5. The van der Waals surface area contributed by atoms with E-state index in [2.05, 4.69) is 12.2 Å². The predicted molar refractivity (Wildman–Crippen MR) is 111 cm³/mol. The van der Waals surface area contributed by atoms with Gasteiger partial charge in [-0.15, -0.1) is 0 Å². The van der Waals surface area contributed by atoms with Crippen LogP contribution in [0.15, 0.2) is 18.2 Å². The molecule has 1 aliphatic carbocycles. The average Bonchev–Trinajstić information content (AvgIpc) is 3.03. The Morgan fingerprint density at radius 3 is 2.54 bits per heavy atom. The van der Waals surface area contributed by atoms with Gasteiger partial charge in [0, 0.05) is 12.1 Å². The molecule has 2 amide bonds. The van der Waals surface area contributed by atoms with E-state index in [4.69, 9.17) is 27.9 Å². The number of hydrogen-bond donors (Lipinski definition) is 1. The van der Waals surface area contributed by atoms with Crippen LogP contribution < -0.4 is 5.32 Å². The molecule has 1 aliphatic heterocycles. The molecule has 1 aromatic rings. The van der Waals surface area contributed by atoms with Crippen LogP contribution in [0.5, 0.6) is 0 Å². The fourth-order valence-electron chi connectivity index (χ4n) is 3.97. The molecule has 28 heavy (non-hydrogen) atoms. The lowest BCUT2D eigenvalue weighted by Crippen LogP contribution is -2.57. The first kappa shape index (κ1) is 21.4. The SMILES string of the molecule is CC(C)CNC(=O)C1COC2(CCC(C)CC2)N1C(=O)c1ccc(Cl)c(Cl)c1. The van der Waals surface area contributed by atoms with Crippen LogP contribution in [0.3, 0.4) is 0 Å². The van der Waals surface area contributed by atoms with Crippen LogP contribution >= 0.6 is 23.2 Å². The Morgan fingerprint density at radius 1 is 1.25 bits per heavy atom. The zero-order valence-electron chi connectivity index (χ0n) is 16.6. The highest BCUT2D eigenvalue weighted by Gasteiger charge is 2.53. The van der Waals surface area contributed by atoms with Crippen molar-refractivity contribution in [2.24, 2.45) is 11.8 Å². The molecule has 1 unspecified atom stereocenters. The summed E-state index contributed by atoms with van der Waals surface area (Å²) in [7, 11) is 0. The summed E-state index contributed by atoms with van der Waals surface area (Å²) in [5.41, 5.74) is -0.310. The highest BCUT2D eigenvalue weighted by molar-refractivity contribution is 6.42. The molecule has 1 aromatic carbocycles. The molecule has 3 rings (SSSR count). The van der Waals surface area contributed by atoms with Crippen molar-refractivity contribution < 1.29 is 14.3 Å². The van der Waals surface area contributed by atoms with Crippen molar-refractivity contribution in [2.75, 3.05) is 13.2 Å². The maximum Gasteiger partial charge on any atom is 0.256 e. The van der Waals surface area contributed by atoms with Crippen LogP contribution in [0.2, 0.25) is 10.0 Å². The molecule has 0 bridgehead atoms. The van der Waals surface area contributed by atoms with E-state index < -0.39 is 11.8 Å². The van der Waals surface area contributed by atoms with Gasteiger partial charge in [0.2, 0.25) is 5.91 Å². The van der Waals surface area contributed by atoms with Crippen LogP contribution in [0.25, 0.3) is 0 Å². The summed E-state index contributed by atoms with van der Waals surface area (Å²) in [6.45, 7) is 7.06. The number of amides is 2. The third-order valence-electron chi connectivity index (χ3n) is 5.69. The number of hydrogen-bond acceptors (Lipinski definition) is 3. The van der Waals surface area contributed by atoms with Crippen molar-refractivity contribution in [1.29, 1.82) is 0 Å². The largest absolute Gasteiger partial charge is 0.354 e. The smallest absolute Gasteiger partial charge is 0.256 e. The van der Waals surface area contributed by atoms with Gasteiger partial charge in [-0.2, -0.15) is 0 Å². The molecule has 7 heteroatoms. The summed E-state index contributed by atoms with van der Waals surface area (Å²) >= 11 is 12.1. The normalized spacial score (nSPS) is 27.4. The number of rotatable bonds is 4. The van der Waals surface area contributed by atoms with E-state index >= 15 is 0 Å². The van der Waals surface area contributed by atoms with Crippen molar-refractivity contribution in [3.8, 4) is 0 Å². The topological polar surface area (TPSA) is 58.6 Å². The van der Waals surface area contributed by atoms with Crippen LogP contribution in [-0.2, 0) is 9.53 Å². The Kier molecular flexibility index (Phi) is 6.58. The van der Waals surface area contributed by atoms with Gasteiger partial charge < -0.3 is 10.1 Å². The minimum Gasteiger partial charge on any atom is -0.354 e. The summed E-state index contributed by atoms with van der Waals surface area (Å²) in [6.07, 6.45) is 3.39. The monoisotopic (exact) mass is 426 g/mol. The molecule has 0 aromatic heterocycles. The lowest BCUT2D eigenvalue weighted by Gasteiger charge is -2.43. The van der Waals surface area contributed by atoms with E-state index in [0.29, 0.717) is 34.0 Å². The number of carbonyl (C=O) groups is 2.